The molecule has 1 heterocycles. The number of ether oxygens (including phenoxy) is 1. The van der Waals surface area contributed by atoms with E-state index in [4.69, 9.17) is 8.92 Å². The number of fused-ring (bicyclic) bond motifs is 1. The maximum absolute atomic E-state index is 12.8. The van der Waals surface area contributed by atoms with Crippen molar-refractivity contribution >= 4 is 38.8 Å². The van der Waals surface area contributed by atoms with Gasteiger partial charge in [-0.05, 0) is 55.3 Å². The van der Waals surface area contributed by atoms with Crippen LogP contribution < -0.4 is 24.9 Å². The van der Waals surface area contributed by atoms with Crippen molar-refractivity contribution in [1.29, 1.82) is 0 Å². The summed E-state index contributed by atoms with van der Waals surface area (Å²) in [5.41, 5.74) is 2.77. The average molecular weight is 536 g/mol. The number of H-pyrrole nitrogens is 1. The molecule has 1 saturated carbocycles. The number of aromatic amines is 1. The van der Waals surface area contributed by atoms with Crippen LogP contribution in [0.15, 0.2) is 71.6 Å². The minimum absolute atomic E-state index is 0.0608. The van der Waals surface area contributed by atoms with Gasteiger partial charge in [0.1, 0.15) is 16.4 Å². The fraction of sp³-hybridized carbons (Fsp3) is 0.259. The van der Waals surface area contributed by atoms with E-state index in [0.29, 0.717) is 22.8 Å². The molecule has 198 valence electrons. The van der Waals surface area contributed by atoms with Crippen LogP contribution >= 0.6 is 0 Å². The third-order valence-corrected chi connectivity index (χ3v) is 7.65. The number of benzene rings is 3. The molecule has 0 radical (unpaired) electrons. The highest BCUT2D eigenvalue weighted by molar-refractivity contribution is 7.87. The quantitative estimate of drug-likeness (QED) is 0.221. The minimum atomic E-state index is -4.03. The predicted octanol–water partition coefficient (Wildman–Crippen LogP) is 5.02. The third-order valence-electron chi connectivity index (χ3n) is 6.39. The third kappa shape index (κ3) is 6.00. The number of urea groups is 1. The van der Waals surface area contributed by atoms with Gasteiger partial charge in [0, 0.05) is 29.9 Å². The number of carbonyl (C=O) groups is 1. The van der Waals surface area contributed by atoms with E-state index in [-0.39, 0.29) is 23.1 Å². The molecular weight excluding hydrogens is 506 g/mol. The summed E-state index contributed by atoms with van der Waals surface area (Å²) in [6.07, 6.45) is 4.69. The lowest BCUT2D eigenvalue weighted by Crippen LogP contribution is -2.28. The molecular formula is C27H29N5O5S. The van der Waals surface area contributed by atoms with Gasteiger partial charge in [-0.25, -0.2) is 9.78 Å². The number of rotatable bonds is 9. The molecule has 0 spiro atoms. The van der Waals surface area contributed by atoms with Gasteiger partial charge in [0.2, 0.25) is 5.95 Å². The highest BCUT2D eigenvalue weighted by Crippen LogP contribution is 2.26. The Bertz CT molecular complexity index is 1530. The molecule has 10 nitrogen and oxygen atoms in total. The Morgan fingerprint density at radius 3 is 2.58 bits per heavy atom. The first-order chi connectivity index (χ1) is 18.4. The lowest BCUT2D eigenvalue weighted by molar-refractivity contribution is 0.251. The van der Waals surface area contributed by atoms with Crippen LogP contribution in [0.3, 0.4) is 0 Å². The summed E-state index contributed by atoms with van der Waals surface area (Å²) in [5.74, 6) is 1.00. The summed E-state index contributed by atoms with van der Waals surface area (Å²) in [7, 11) is -2.46. The number of nitrogens with one attached hydrogen (secondary N) is 4. The normalized spacial score (nSPS) is 13.8. The Balaban J connectivity index is 1.21. The number of methoxy groups -OCH3 is 1. The average Bonchev–Trinajstić information content (AvgIpc) is 3.57. The van der Waals surface area contributed by atoms with Crippen LogP contribution in [0, 0.1) is 0 Å². The Labute approximate surface area is 220 Å². The molecule has 4 N–H and O–H groups in total. The molecule has 0 bridgehead atoms. The van der Waals surface area contributed by atoms with Gasteiger partial charge in [0.05, 0.1) is 18.1 Å². The van der Waals surface area contributed by atoms with E-state index in [2.05, 4.69) is 25.9 Å². The lowest BCUT2D eigenvalue weighted by Gasteiger charge is -2.14. The lowest BCUT2D eigenvalue weighted by atomic mass is 10.2. The molecule has 1 aromatic heterocycles. The van der Waals surface area contributed by atoms with Gasteiger partial charge in [-0.15, -0.1) is 0 Å². The monoisotopic (exact) mass is 535 g/mol. The van der Waals surface area contributed by atoms with E-state index in [1.54, 1.807) is 25.3 Å². The van der Waals surface area contributed by atoms with E-state index in [9.17, 15) is 13.2 Å². The fourth-order valence-corrected chi connectivity index (χ4v) is 5.39. The zero-order valence-corrected chi connectivity index (χ0v) is 21.7. The largest absolute Gasteiger partial charge is 0.496 e. The number of aromatic nitrogens is 2. The molecule has 1 aliphatic carbocycles. The number of carbonyl (C=O) groups excluding carboxylic acids is 1. The van der Waals surface area contributed by atoms with E-state index in [1.165, 1.54) is 37.1 Å². The van der Waals surface area contributed by atoms with Crippen molar-refractivity contribution in [1.82, 2.24) is 15.3 Å². The summed E-state index contributed by atoms with van der Waals surface area (Å²) in [6.45, 7) is 0.267. The van der Waals surface area contributed by atoms with Crippen molar-refractivity contribution in [3.63, 3.8) is 0 Å². The highest BCUT2D eigenvalue weighted by atomic mass is 32.2. The standard InChI is InChI=1S/C27H29N5O5S/c1-36-25-9-5-2-6-18(25)17-28-27(33)32-26-30-23-15-12-21(16-24(23)31-26)37-38(34,35)22-13-10-20(11-14-22)29-19-7-3-4-8-19/h2,5-6,9-16,19,29H,3-4,7-8,17H2,1H3,(H3,28,30,31,32,33). The molecule has 2 amide bonds. The molecule has 0 aliphatic heterocycles. The van der Waals surface area contributed by atoms with Crippen molar-refractivity contribution < 1.29 is 22.1 Å². The second kappa shape index (κ2) is 11.0. The molecule has 0 atom stereocenters. The van der Waals surface area contributed by atoms with Crippen molar-refractivity contribution in [3.05, 3.63) is 72.3 Å². The SMILES string of the molecule is COc1ccccc1CNC(=O)Nc1nc2cc(OS(=O)(=O)c3ccc(NC4CCCC4)cc3)ccc2[nH]1. The van der Waals surface area contributed by atoms with Crippen LogP contribution in [0.5, 0.6) is 11.5 Å². The zero-order valence-electron chi connectivity index (χ0n) is 20.9. The minimum Gasteiger partial charge on any atom is -0.496 e. The van der Waals surface area contributed by atoms with Gasteiger partial charge < -0.3 is 24.5 Å². The Hall–Kier alpha value is -4.25. The van der Waals surface area contributed by atoms with Gasteiger partial charge >= 0.3 is 16.1 Å². The molecule has 3 aromatic carbocycles. The van der Waals surface area contributed by atoms with E-state index in [0.717, 1.165) is 24.1 Å². The summed E-state index contributed by atoms with van der Waals surface area (Å²) in [6, 6.07) is 18.6. The molecule has 0 saturated heterocycles. The molecule has 38 heavy (non-hydrogen) atoms. The van der Waals surface area contributed by atoms with Gasteiger partial charge in [0.25, 0.3) is 0 Å². The maximum Gasteiger partial charge on any atom is 0.339 e. The first kappa shape index (κ1) is 25.4. The van der Waals surface area contributed by atoms with E-state index < -0.39 is 16.1 Å². The van der Waals surface area contributed by atoms with Crippen LogP contribution in [0.25, 0.3) is 11.0 Å². The summed E-state index contributed by atoms with van der Waals surface area (Å²) < 4.78 is 36.3. The second-order valence-electron chi connectivity index (χ2n) is 9.07. The van der Waals surface area contributed by atoms with Crippen molar-refractivity contribution in [2.75, 3.05) is 17.7 Å². The number of hydrogen-bond donors (Lipinski definition) is 4. The van der Waals surface area contributed by atoms with E-state index >= 15 is 0 Å². The van der Waals surface area contributed by atoms with Crippen LogP contribution in [0.4, 0.5) is 16.4 Å². The zero-order chi connectivity index (χ0) is 26.5. The van der Waals surface area contributed by atoms with Crippen molar-refractivity contribution in [2.24, 2.45) is 0 Å². The topological polar surface area (TPSA) is 134 Å². The number of imidazole rings is 1. The van der Waals surface area contributed by atoms with Crippen LogP contribution in [-0.2, 0) is 16.7 Å². The van der Waals surface area contributed by atoms with Crippen LogP contribution in [-0.4, -0.2) is 37.6 Å². The molecule has 5 rings (SSSR count). The van der Waals surface area contributed by atoms with Gasteiger partial charge in [-0.1, -0.05) is 31.0 Å². The first-order valence-corrected chi connectivity index (χ1v) is 13.8. The summed E-state index contributed by atoms with van der Waals surface area (Å²) in [4.78, 5) is 19.7. The Morgan fingerprint density at radius 2 is 1.82 bits per heavy atom. The Kier molecular flexibility index (Phi) is 7.36. The van der Waals surface area contributed by atoms with E-state index in [1.807, 2.05) is 24.3 Å². The van der Waals surface area contributed by atoms with Crippen LogP contribution in [0.2, 0.25) is 0 Å². The summed E-state index contributed by atoms with van der Waals surface area (Å²) in [5, 5.41) is 8.83. The van der Waals surface area contributed by atoms with Gasteiger partial charge in [0.15, 0.2) is 0 Å². The molecule has 1 aliphatic rings. The van der Waals surface area contributed by atoms with Crippen LogP contribution in [0.1, 0.15) is 31.2 Å². The fourth-order valence-electron chi connectivity index (χ4n) is 4.47. The van der Waals surface area contributed by atoms with Crippen molar-refractivity contribution in [2.45, 2.75) is 43.2 Å². The molecule has 1 fully saturated rings. The number of para-hydroxylation sites is 1. The highest BCUT2D eigenvalue weighted by Gasteiger charge is 2.19. The summed E-state index contributed by atoms with van der Waals surface area (Å²) >= 11 is 0. The number of anilines is 2. The van der Waals surface area contributed by atoms with Gasteiger partial charge in [-0.2, -0.15) is 8.42 Å². The second-order valence-corrected chi connectivity index (χ2v) is 10.6. The smallest absolute Gasteiger partial charge is 0.339 e. The molecule has 11 heteroatoms. The molecule has 0 unspecified atom stereocenters. The molecule has 4 aromatic rings. The Morgan fingerprint density at radius 1 is 1.05 bits per heavy atom. The van der Waals surface area contributed by atoms with Gasteiger partial charge in [-0.3, -0.25) is 5.32 Å². The first-order valence-electron chi connectivity index (χ1n) is 12.4. The number of nitrogens with zero attached hydrogens (tertiary/aromatic N) is 1. The van der Waals surface area contributed by atoms with Crippen molar-refractivity contribution in [3.8, 4) is 11.5 Å². The maximum atomic E-state index is 12.8. The number of hydrogen-bond acceptors (Lipinski definition) is 7. The predicted molar refractivity (Wildman–Crippen MR) is 145 cm³/mol. The number of amides is 2.